The number of aliphatic carboxylic acids is 1. The van der Waals surface area contributed by atoms with E-state index in [-0.39, 0.29) is 23.6 Å². The summed E-state index contributed by atoms with van der Waals surface area (Å²) in [6.45, 7) is 1.69. The lowest BCUT2D eigenvalue weighted by Crippen LogP contribution is -2.69. The summed E-state index contributed by atoms with van der Waals surface area (Å²) in [6.07, 6.45) is 1.81. The van der Waals surface area contributed by atoms with Crippen LogP contribution in [0.25, 0.3) is 0 Å². The van der Waals surface area contributed by atoms with E-state index >= 15 is 0 Å². The summed E-state index contributed by atoms with van der Waals surface area (Å²) < 4.78 is 0. The molecule has 0 bridgehead atoms. The lowest BCUT2D eigenvalue weighted by atomic mass is 10.1. The third-order valence-electron chi connectivity index (χ3n) is 3.57. The molecule has 0 aliphatic carbocycles. The van der Waals surface area contributed by atoms with E-state index in [4.69, 9.17) is 0 Å². The molecule has 116 valence electrons. The first-order valence-corrected chi connectivity index (χ1v) is 8.50. The Bertz CT molecular complexity index is 656. The molecule has 3 atom stereocenters. The molecule has 2 N–H and O–H groups in total. The molecule has 1 aromatic rings. The summed E-state index contributed by atoms with van der Waals surface area (Å²) in [5.41, 5.74) is 0.630. The fraction of sp³-hybridized carbons (Fsp3) is 0.357. The molecule has 2 aliphatic rings. The standard InChI is InChI=1S/C14H14N2O4S2/c1-7-6-16-12(18)10(13(16)22-11(7)14(19)20)15-9(17)5-8-3-2-4-21-8/h2-4,6,10-11,13H,5H2,1H3,(H,15,17)(H,19,20)/t10?,11?,13-/m1/s1. The van der Waals surface area contributed by atoms with Gasteiger partial charge in [-0.2, -0.15) is 0 Å². The molecule has 6 nitrogen and oxygen atoms in total. The molecule has 0 aromatic carbocycles. The predicted octanol–water partition coefficient (Wildman–Crippen LogP) is 1.05. The number of carbonyl (C=O) groups is 3. The van der Waals surface area contributed by atoms with E-state index in [0.717, 1.165) is 4.88 Å². The van der Waals surface area contributed by atoms with Gasteiger partial charge in [0.05, 0.1) is 6.42 Å². The van der Waals surface area contributed by atoms with Gasteiger partial charge in [0.15, 0.2) is 0 Å². The van der Waals surface area contributed by atoms with E-state index in [1.807, 2.05) is 17.5 Å². The van der Waals surface area contributed by atoms with E-state index in [2.05, 4.69) is 5.32 Å². The lowest BCUT2D eigenvalue weighted by Gasteiger charge is -2.48. The molecule has 2 unspecified atom stereocenters. The van der Waals surface area contributed by atoms with Gasteiger partial charge < -0.3 is 15.3 Å². The van der Waals surface area contributed by atoms with Crippen molar-refractivity contribution in [3.63, 3.8) is 0 Å². The highest BCUT2D eigenvalue weighted by atomic mass is 32.2. The summed E-state index contributed by atoms with van der Waals surface area (Å²) in [5, 5.41) is 12.8. The normalized spacial score (nSPS) is 26.8. The Morgan fingerprint density at radius 1 is 1.45 bits per heavy atom. The van der Waals surface area contributed by atoms with E-state index < -0.39 is 17.3 Å². The second-order valence-electron chi connectivity index (χ2n) is 5.16. The number of hydrogen-bond donors (Lipinski definition) is 2. The van der Waals surface area contributed by atoms with Gasteiger partial charge in [-0.1, -0.05) is 6.07 Å². The Labute approximate surface area is 135 Å². The van der Waals surface area contributed by atoms with Crippen LogP contribution >= 0.6 is 23.1 Å². The van der Waals surface area contributed by atoms with E-state index in [1.54, 1.807) is 13.1 Å². The van der Waals surface area contributed by atoms with Crippen LogP contribution < -0.4 is 5.32 Å². The van der Waals surface area contributed by atoms with Gasteiger partial charge in [-0.05, 0) is 23.9 Å². The molecule has 3 heterocycles. The largest absolute Gasteiger partial charge is 0.480 e. The van der Waals surface area contributed by atoms with E-state index in [1.165, 1.54) is 28.0 Å². The number of amides is 2. The van der Waals surface area contributed by atoms with Crippen molar-refractivity contribution in [1.29, 1.82) is 0 Å². The van der Waals surface area contributed by atoms with Crippen molar-refractivity contribution in [3.8, 4) is 0 Å². The lowest BCUT2D eigenvalue weighted by molar-refractivity contribution is -0.145. The molecule has 2 amide bonds. The minimum atomic E-state index is -0.929. The van der Waals surface area contributed by atoms with Crippen molar-refractivity contribution < 1.29 is 19.5 Å². The van der Waals surface area contributed by atoms with Crippen molar-refractivity contribution in [2.24, 2.45) is 0 Å². The number of rotatable bonds is 4. The van der Waals surface area contributed by atoms with Crippen molar-refractivity contribution >= 4 is 40.9 Å². The zero-order chi connectivity index (χ0) is 15.9. The van der Waals surface area contributed by atoms with Crippen molar-refractivity contribution in [3.05, 3.63) is 34.2 Å². The van der Waals surface area contributed by atoms with E-state index in [0.29, 0.717) is 5.57 Å². The average molecular weight is 338 g/mol. The number of thioether (sulfide) groups is 1. The van der Waals surface area contributed by atoms with Crippen LogP contribution in [-0.4, -0.2) is 44.5 Å². The Balaban J connectivity index is 1.66. The van der Waals surface area contributed by atoms with Gasteiger partial charge in [0.2, 0.25) is 5.91 Å². The molecule has 2 aliphatic heterocycles. The smallest absolute Gasteiger partial charge is 0.320 e. The minimum Gasteiger partial charge on any atom is -0.480 e. The zero-order valence-corrected chi connectivity index (χ0v) is 13.3. The van der Waals surface area contributed by atoms with Crippen LogP contribution in [0.3, 0.4) is 0 Å². The molecule has 8 heteroatoms. The van der Waals surface area contributed by atoms with Crippen LogP contribution in [0, 0.1) is 0 Å². The predicted molar refractivity (Wildman–Crippen MR) is 83.4 cm³/mol. The molecule has 0 radical (unpaired) electrons. The van der Waals surface area contributed by atoms with Crippen molar-refractivity contribution in [2.75, 3.05) is 0 Å². The zero-order valence-electron chi connectivity index (χ0n) is 11.7. The number of carbonyl (C=O) groups excluding carboxylic acids is 2. The van der Waals surface area contributed by atoms with Crippen LogP contribution in [0.4, 0.5) is 0 Å². The molecule has 1 fully saturated rings. The number of nitrogens with zero attached hydrogens (tertiary/aromatic N) is 1. The molecule has 0 spiro atoms. The van der Waals surface area contributed by atoms with E-state index in [9.17, 15) is 19.5 Å². The molecule has 0 saturated carbocycles. The maximum Gasteiger partial charge on any atom is 0.320 e. The first kappa shape index (κ1) is 15.1. The highest BCUT2D eigenvalue weighted by molar-refractivity contribution is 8.01. The summed E-state index contributed by atoms with van der Waals surface area (Å²) in [5.74, 6) is -1.35. The van der Waals surface area contributed by atoms with Gasteiger partial charge in [-0.25, -0.2) is 0 Å². The molecule has 1 saturated heterocycles. The SMILES string of the molecule is CC1=CN2C(=O)C(NC(=O)Cc3cccs3)[C@H]2SC1C(=O)O. The Hall–Kier alpha value is -1.80. The fourth-order valence-electron chi connectivity index (χ4n) is 2.48. The van der Waals surface area contributed by atoms with Gasteiger partial charge in [-0.15, -0.1) is 23.1 Å². The van der Waals surface area contributed by atoms with Gasteiger partial charge in [0.25, 0.3) is 5.91 Å². The maximum absolute atomic E-state index is 12.1. The minimum absolute atomic E-state index is 0.194. The van der Waals surface area contributed by atoms with Crippen LogP contribution in [0.15, 0.2) is 29.3 Å². The van der Waals surface area contributed by atoms with Crippen LogP contribution in [0.2, 0.25) is 0 Å². The topological polar surface area (TPSA) is 86.7 Å². The number of nitrogens with one attached hydrogen (secondary N) is 1. The number of carboxylic acid groups (broad SMARTS) is 1. The number of β-lactam (4-membered cyclic amide) rings is 1. The highest BCUT2D eigenvalue weighted by Crippen LogP contribution is 2.40. The van der Waals surface area contributed by atoms with Crippen molar-refractivity contribution in [1.82, 2.24) is 10.2 Å². The number of thiophene rings is 1. The second kappa shape index (κ2) is 5.77. The molecule has 3 rings (SSSR count). The first-order chi connectivity index (χ1) is 10.5. The van der Waals surface area contributed by atoms with Crippen LogP contribution in [-0.2, 0) is 20.8 Å². The summed E-state index contributed by atoms with van der Waals surface area (Å²) in [4.78, 5) is 37.7. The molecule has 1 aromatic heterocycles. The van der Waals surface area contributed by atoms with Gasteiger partial charge in [-0.3, -0.25) is 14.4 Å². The Morgan fingerprint density at radius 3 is 2.86 bits per heavy atom. The molecular weight excluding hydrogens is 324 g/mol. The third-order valence-corrected chi connectivity index (χ3v) is 6.07. The maximum atomic E-state index is 12.1. The first-order valence-electron chi connectivity index (χ1n) is 6.68. The fourth-order valence-corrected chi connectivity index (χ4v) is 4.50. The number of carboxylic acids is 1. The average Bonchev–Trinajstić information content (AvgIpc) is 2.97. The third kappa shape index (κ3) is 2.64. The van der Waals surface area contributed by atoms with Crippen molar-refractivity contribution in [2.45, 2.75) is 30.0 Å². The molecule has 22 heavy (non-hydrogen) atoms. The van der Waals surface area contributed by atoms with Crippen LogP contribution in [0.1, 0.15) is 11.8 Å². The van der Waals surface area contributed by atoms with Gasteiger partial charge in [0.1, 0.15) is 16.7 Å². The summed E-state index contributed by atoms with van der Waals surface area (Å²) in [6, 6.07) is 3.08. The number of hydrogen-bond acceptors (Lipinski definition) is 5. The van der Waals surface area contributed by atoms with Gasteiger partial charge in [0, 0.05) is 11.1 Å². The Morgan fingerprint density at radius 2 is 2.23 bits per heavy atom. The molecular formula is C14H14N2O4S2. The number of fused-ring (bicyclic) bond motifs is 1. The second-order valence-corrected chi connectivity index (χ2v) is 7.42. The monoisotopic (exact) mass is 338 g/mol. The van der Waals surface area contributed by atoms with Gasteiger partial charge >= 0.3 is 5.97 Å². The summed E-state index contributed by atoms with van der Waals surface area (Å²) >= 11 is 2.67. The summed E-state index contributed by atoms with van der Waals surface area (Å²) in [7, 11) is 0. The van der Waals surface area contributed by atoms with Crippen LogP contribution in [0.5, 0.6) is 0 Å². The quantitative estimate of drug-likeness (QED) is 0.801. The Kier molecular flexibility index (Phi) is 3.96. The highest BCUT2D eigenvalue weighted by Gasteiger charge is 2.52.